The van der Waals surface area contributed by atoms with Crippen molar-refractivity contribution in [3.05, 3.63) is 11.7 Å². The predicted molar refractivity (Wildman–Crippen MR) is 84.6 cm³/mol. The van der Waals surface area contributed by atoms with Crippen LogP contribution < -0.4 is 5.32 Å². The first-order chi connectivity index (χ1) is 10.6. The standard InChI is InChI=1S/C17H29N3O2/c1-3-15-19-16(22-20-15)12-6-8-13(9-7-12)18-14-5-4-10-17(14,2)11-21/h12-14,18,21H,3-11H2,1-2H3/t12?,13?,14-,17-/m0/s1. The molecule has 2 aliphatic rings. The van der Waals surface area contributed by atoms with E-state index in [-0.39, 0.29) is 5.41 Å². The lowest BCUT2D eigenvalue weighted by atomic mass is 9.82. The summed E-state index contributed by atoms with van der Waals surface area (Å²) in [6.45, 7) is 4.56. The molecule has 2 atom stereocenters. The molecular weight excluding hydrogens is 278 g/mol. The van der Waals surface area contributed by atoms with Crippen LogP contribution in [0.2, 0.25) is 0 Å². The van der Waals surface area contributed by atoms with Gasteiger partial charge in [-0.3, -0.25) is 0 Å². The number of aliphatic hydroxyl groups excluding tert-OH is 1. The Morgan fingerprint density at radius 3 is 2.68 bits per heavy atom. The molecule has 5 nitrogen and oxygen atoms in total. The minimum Gasteiger partial charge on any atom is -0.396 e. The molecule has 2 aliphatic carbocycles. The lowest BCUT2D eigenvalue weighted by Crippen LogP contribution is -2.47. The largest absolute Gasteiger partial charge is 0.396 e. The molecule has 1 aromatic heterocycles. The van der Waals surface area contributed by atoms with Crippen molar-refractivity contribution in [2.75, 3.05) is 6.61 Å². The maximum Gasteiger partial charge on any atom is 0.229 e. The highest BCUT2D eigenvalue weighted by Gasteiger charge is 2.39. The maximum absolute atomic E-state index is 9.67. The van der Waals surface area contributed by atoms with Gasteiger partial charge in [0.2, 0.25) is 5.89 Å². The Hall–Kier alpha value is -0.940. The molecule has 0 amide bonds. The summed E-state index contributed by atoms with van der Waals surface area (Å²) in [5, 5.41) is 17.5. The molecule has 0 unspecified atom stereocenters. The van der Waals surface area contributed by atoms with Crippen molar-refractivity contribution < 1.29 is 9.63 Å². The van der Waals surface area contributed by atoms with E-state index in [0.29, 0.717) is 24.6 Å². The summed E-state index contributed by atoms with van der Waals surface area (Å²) < 4.78 is 5.40. The monoisotopic (exact) mass is 307 g/mol. The van der Waals surface area contributed by atoms with Crippen molar-refractivity contribution >= 4 is 0 Å². The fourth-order valence-electron chi connectivity index (χ4n) is 4.07. The molecule has 5 heteroatoms. The lowest BCUT2D eigenvalue weighted by molar-refractivity contribution is 0.108. The molecule has 0 bridgehead atoms. The molecule has 0 saturated heterocycles. The van der Waals surface area contributed by atoms with Crippen molar-refractivity contribution in [2.45, 2.75) is 83.2 Å². The molecule has 1 aromatic rings. The Labute approximate surface area is 132 Å². The Morgan fingerprint density at radius 1 is 1.27 bits per heavy atom. The molecule has 0 aliphatic heterocycles. The molecule has 22 heavy (non-hydrogen) atoms. The van der Waals surface area contributed by atoms with Crippen LogP contribution in [0, 0.1) is 5.41 Å². The summed E-state index contributed by atoms with van der Waals surface area (Å²) in [6.07, 6.45) is 8.95. The van der Waals surface area contributed by atoms with Crippen molar-refractivity contribution in [1.29, 1.82) is 0 Å². The topological polar surface area (TPSA) is 71.2 Å². The number of hydrogen-bond acceptors (Lipinski definition) is 5. The smallest absolute Gasteiger partial charge is 0.229 e. The summed E-state index contributed by atoms with van der Waals surface area (Å²) >= 11 is 0. The minimum atomic E-state index is 0.0688. The SMILES string of the molecule is CCc1noc(C2CCC(N[C@H]3CCC[C@@]3(C)CO)CC2)n1. The van der Waals surface area contributed by atoms with E-state index < -0.39 is 0 Å². The number of nitrogens with one attached hydrogen (secondary N) is 1. The minimum absolute atomic E-state index is 0.0688. The number of hydrogen-bond donors (Lipinski definition) is 2. The molecule has 2 fully saturated rings. The highest BCUT2D eigenvalue weighted by atomic mass is 16.5. The number of aryl methyl sites for hydroxylation is 1. The van der Waals surface area contributed by atoms with Crippen LogP contribution in [-0.4, -0.2) is 33.9 Å². The van der Waals surface area contributed by atoms with Crippen molar-refractivity contribution in [1.82, 2.24) is 15.5 Å². The molecule has 0 spiro atoms. The molecule has 124 valence electrons. The number of nitrogens with zero attached hydrogens (tertiary/aromatic N) is 2. The van der Waals surface area contributed by atoms with E-state index in [4.69, 9.17) is 4.52 Å². The van der Waals surface area contributed by atoms with Gasteiger partial charge in [-0.25, -0.2) is 0 Å². The zero-order valence-electron chi connectivity index (χ0n) is 13.8. The average Bonchev–Trinajstić information content (AvgIpc) is 3.16. The molecule has 0 aromatic carbocycles. The van der Waals surface area contributed by atoms with Gasteiger partial charge in [0.1, 0.15) is 0 Å². The van der Waals surface area contributed by atoms with Crippen molar-refractivity contribution in [3.63, 3.8) is 0 Å². The molecule has 3 rings (SSSR count). The van der Waals surface area contributed by atoms with Crippen molar-refractivity contribution in [2.24, 2.45) is 5.41 Å². The zero-order chi connectivity index (χ0) is 15.6. The second-order valence-corrected chi connectivity index (χ2v) is 7.37. The van der Waals surface area contributed by atoms with E-state index in [0.717, 1.165) is 50.2 Å². The fraction of sp³-hybridized carbons (Fsp3) is 0.882. The van der Waals surface area contributed by atoms with Crippen LogP contribution in [0.3, 0.4) is 0 Å². The molecule has 0 radical (unpaired) electrons. The Morgan fingerprint density at radius 2 is 2.05 bits per heavy atom. The molecule has 2 saturated carbocycles. The number of aromatic nitrogens is 2. The third-order valence-corrected chi connectivity index (χ3v) is 5.76. The van der Waals surface area contributed by atoms with E-state index in [1.54, 1.807) is 0 Å². The summed E-state index contributed by atoms with van der Waals surface area (Å²) in [7, 11) is 0. The molecular formula is C17H29N3O2. The zero-order valence-corrected chi connectivity index (χ0v) is 13.8. The lowest BCUT2D eigenvalue weighted by Gasteiger charge is -2.36. The van der Waals surface area contributed by atoms with Crippen LogP contribution in [0.25, 0.3) is 0 Å². The average molecular weight is 307 g/mol. The summed E-state index contributed by atoms with van der Waals surface area (Å²) in [5.41, 5.74) is 0.0688. The van der Waals surface area contributed by atoms with Gasteiger partial charge in [-0.05, 0) is 38.5 Å². The van der Waals surface area contributed by atoms with Gasteiger partial charge in [-0.15, -0.1) is 0 Å². The quantitative estimate of drug-likeness (QED) is 0.875. The maximum atomic E-state index is 9.67. The first-order valence-electron chi connectivity index (χ1n) is 8.84. The fourth-order valence-corrected chi connectivity index (χ4v) is 4.07. The third kappa shape index (κ3) is 3.20. The van der Waals surface area contributed by atoms with Crippen molar-refractivity contribution in [3.8, 4) is 0 Å². The van der Waals surface area contributed by atoms with Crippen LogP contribution in [0.4, 0.5) is 0 Å². The van der Waals surface area contributed by atoms with Gasteiger partial charge in [0, 0.05) is 36.4 Å². The van der Waals surface area contributed by atoms with Gasteiger partial charge < -0.3 is 14.9 Å². The Kier molecular flexibility index (Phi) is 4.83. The molecule has 1 heterocycles. The van der Waals surface area contributed by atoms with E-state index in [9.17, 15) is 5.11 Å². The first-order valence-corrected chi connectivity index (χ1v) is 8.84. The van der Waals surface area contributed by atoms with E-state index in [2.05, 4.69) is 29.3 Å². The van der Waals surface area contributed by atoms with Crippen LogP contribution in [0.5, 0.6) is 0 Å². The van der Waals surface area contributed by atoms with Crippen LogP contribution in [0.1, 0.15) is 76.4 Å². The van der Waals surface area contributed by atoms with Crippen LogP contribution in [0.15, 0.2) is 4.52 Å². The van der Waals surface area contributed by atoms with Gasteiger partial charge in [-0.2, -0.15) is 4.98 Å². The normalized spacial score (nSPS) is 35.9. The second kappa shape index (κ2) is 6.67. The van der Waals surface area contributed by atoms with Gasteiger partial charge in [0.15, 0.2) is 5.82 Å². The summed E-state index contributed by atoms with van der Waals surface area (Å²) in [6, 6.07) is 1.04. The number of rotatable bonds is 5. The first kappa shape index (κ1) is 15.9. The van der Waals surface area contributed by atoms with E-state index >= 15 is 0 Å². The summed E-state index contributed by atoms with van der Waals surface area (Å²) in [5.74, 6) is 2.08. The highest BCUT2D eigenvalue weighted by Crippen LogP contribution is 2.39. The van der Waals surface area contributed by atoms with Crippen LogP contribution in [-0.2, 0) is 6.42 Å². The second-order valence-electron chi connectivity index (χ2n) is 7.37. The van der Waals surface area contributed by atoms with E-state index in [1.165, 1.54) is 12.8 Å². The third-order valence-electron chi connectivity index (χ3n) is 5.76. The van der Waals surface area contributed by atoms with Gasteiger partial charge >= 0.3 is 0 Å². The highest BCUT2D eigenvalue weighted by molar-refractivity contribution is 4.99. The predicted octanol–water partition coefficient (Wildman–Crippen LogP) is 2.80. The van der Waals surface area contributed by atoms with Gasteiger partial charge in [0.25, 0.3) is 0 Å². The van der Waals surface area contributed by atoms with Gasteiger partial charge in [-0.1, -0.05) is 25.4 Å². The van der Waals surface area contributed by atoms with Gasteiger partial charge in [0.05, 0.1) is 0 Å². The Balaban J connectivity index is 1.51. The summed E-state index contributed by atoms with van der Waals surface area (Å²) in [4.78, 5) is 4.49. The Bertz CT molecular complexity index is 482. The molecule has 2 N–H and O–H groups in total. The number of aliphatic hydroxyl groups is 1. The van der Waals surface area contributed by atoms with E-state index in [1.807, 2.05) is 0 Å². The van der Waals surface area contributed by atoms with Crippen LogP contribution >= 0.6 is 0 Å².